The van der Waals surface area contributed by atoms with Crippen molar-refractivity contribution in [2.45, 2.75) is 13.3 Å². The van der Waals surface area contributed by atoms with Gasteiger partial charge in [-0.3, -0.25) is 4.79 Å². The van der Waals surface area contributed by atoms with E-state index in [4.69, 9.17) is 5.11 Å². The molecular weight excluding hydrogens is 258 g/mol. The lowest BCUT2D eigenvalue weighted by molar-refractivity contribution is -0.137. The van der Waals surface area contributed by atoms with Crippen molar-refractivity contribution in [2.75, 3.05) is 37.4 Å². The van der Waals surface area contributed by atoms with Crippen molar-refractivity contribution < 1.29 is 14.7 Å². The smallest absolute Gasteiger partial charge is 0.323 e. The summed E-state index contributed by atoms with van der Waals surface area (Å²) in [4.78, 5) is 26.0. The molecule has 0 heterocycles. The van der Waals surface area contributed by atoms with Gasteiger partial charge < -0.3 is 20.2 Å². The van der Waals surface area contributed by atoms with Crippen LogP contribution in [0.3, 0.4) is 0 Å². The number of nitrogens with one attached hydrogen (secondary N) is 1. The lowest BCUT2D eigenvalue weighted by atomic mass is 10.2. The fraction of sp³-hybridized carbons (Fsp3) is 0.429. The maximum Gasteiger partial charge on any atom is 0.323 e. The second kappa shape index (κ2) is 7.37. The van der Waals surface area contributed by atoms with Gasteiger partial charge >= 0.3 is 12.0 Å². The molecule has 0 aliphatic carbocycles. The molecule has 6 nitrogen and oxygen atoms in total. The Kier molecular flexibility index (Phi) is 5.83. The number of anilines is 2. The molecule has 110 valence electrons. The molecule has 0 saturated carbocycles. The third kappa shape index (κ3) is 4.79. The highest BCUT2D eigenvalue weighted by molar-refractivity contribution is 5.91. The van der Waals surface area contributed by atoms with Crippen molar-refractivity contribution >= 4 is 23.4 Å². The largest absolute Gasteiger partial charge is 0.480 e. The quantitative estimate of drug-likeness (QED) is 0.836. The average molecular weight is 279 g/mol. The number of carboxylic acid groups (broad SMARTS) is 1. The molecule has 0 fully saturated rings. The van der Waals surface area contributed by atoms with Gasteiger partial charge in [0.15, 0.2) is 0 Å². The minimum Gasteiger partial charge on any atom is -0.480 e. The second-order valence-corrected chi connectivity index (χ2v) is 4.69. The van der Waals surface area contributed by atoms with Gasteiger partial charge in [-0.05, 0) is 24.6 Å². The van der Waals surface area contributed by atoms with Crippen molar-refractivity contribution in [1.82, 2.24) is 4.90 Å². The Balaban J connectivity index is 2.76. The summed E-state index contributed by atoms with van der Waals surface area (Å²) in [5.74, 6) is -1.02. The summed E-state index contributed by atoms with van der Waals surface area (Å²) in [5.41, 5.74) is 1.61. The predicted octanol–water partition coefficient (Wildman–Crippen LogP) is 2.08. The van der Waals surface area contributed by atoms with E-state index in [1.54, 1.807) is 6.07 Å². The number of carboxylic acids is 1. The Morgan fingerprint density at radius 2 is 2.00 bits per heavy atom. The fourth-order valence-corrected chi connectivity index (χ4v) is 1.75. The van der Waals surface area contributed by atoms with Crippen LogP contribution in [0.15, 0.2) is 24.3 Å². The molecule has 0 spiro atoms. The third-order valence-corrected chi connectivity index (χ3v) is 2.72. The van der Waals surface area contributed by atoms with E-state index in [1.807, 2.05) is 44.1 Å². The number of amides is 2. The van der Waals surface area contributed by atoms with Crippen LogP contribution in [0.4, 0.5) is 16.2 Å². The highest BCUT2D eigenvalue weighted by Crippen LogP contribution is 2.17. The Bertz CT molecular complexity index is 474. The summed E-state index contributed by atoms with van der Waals surface area (Å²) in [6.45, 7) is 2.01. The number of hydrogen-bond donors (Lipinski definition) is 2. The number of nitrogens with zero attached hydrogens (tertiary/aromatic N) is 2. The summed E-state index contributed by atoms with van der Waals surface area (Å²) in [7, 11) is 3.82. The third-order valence-electron chi connectivity index (χ3n) is 2.72. The van der Waals surface area contributed by atoms with Gasteiger partial charge in [0, 0.05) is 32.0 Å². The molecule has 0 radical (unpaired) electrons. The fourth-order valence-electron chi connectivity index (χ4n) is 1.75. The van der Waals surface area contributed by atoms with Gasteiger partial charge in [0.1, 0.15) is 6.54 Å². The molecular formula is C14H21N3O3. The van der Waals surface area contributed by atoms with Crippen LogP contribution in [0.5, 0.6) is 0 Å². The maximum atomic E-state index is 12.1. The van der Waals surface area contributed by atoms with Crippen LogP contribution in [-0.2, 0) is 4.79 Å². The Morgan fingerprint density at radius 3 is 2.55 bits per heavy atom. The lowest BCUT2D eigenvalue weighted by Gasteiger charge is -2.21. The molecule has 1 rings (SSSR count). The average Bonchev–Trinajstić information content (AvgIpc) is 2.38. The van der Waals surface area contributed by atoms with Gasteiger partial charge in [0.2, 0.25) is 0 Å². The highest BCUT2D eigenvalue weighted by atomic mass is 16.4. The topological polar surface area (TPSA) is 72.9 Å². The zero-order valence-corrected chi connectivity index (χ0v) is 12.1. The summed E-state index contributed by atoms with van der Waals surface area (Å²) >= 11 is 0. The molecule has 1 aromatic carbocycles. The monoisotopic (exact) mass is 279 g/mol. The normalized spacial score (nSPS) is 9.95. The van der Waals surface area contributed by atoms with E-state index < -0.39 is 12.0 Å². The first-order valence-corrected chi connectivity index (χ1v) is 6.49. The van der Waals surface area contributed by atoms with E-state index in [2.05, 4.69) is 5.32 Å². The van der Waals surface area contributed by atoms with E-state index in [9.17, 15) is 9.59 Å². The van der Waals surface area contributed by atoms with Gasteiger partial charge in [0.05, 0.1) is 0 Å². The van der Waals surface area contributed by atoms with Gasteiger partial charge in [0.25, 0.3) is 0 Å². The molecule has 0 aromatic heterocycles. The van der Waals surface area contributed by atoms with Crippen molar-refractivity contribution in [2.24, 2.45) is 0 Å². The number of hydrogen-bond acceptors (Lipinski definition) is 3. The highest BCUT2D eigenvalue weighted by Gasteiger charge is 2.16. The van der Waals surface area contributed by atoms with E-state index >= 15 is 0 Å². The molecule has 0 aliphatic heterocycles. The SMILES string of the molecule is CCCN(CC(=O)O)C(=O)Nc1cccc(N(C)C)c1. The zero-order valence-electron chi connectivity index (χ0n) is 12.1. The molecule has 20 heavy (non-hydrogen) atoms. The van der Waals surface area contributed by atoms with E-state index in [-0.39, 0.29) is 6.54 Å². The number of urea groups is 1. The Hall–Kier alpha value is -2.24. The van der Waals surface area contributed by atoms with Gasteiger partial charge in [-0.25, -0.2) is 4.79 Å². The van der Waals surface area contributed by atoms with Crippen molar-refractivity contribution in [3.8, 4) is 0 Å². The van der Waals surface area contributed by atoms with Crippen LogP contribution in [0.2, 0.25) is 0 Å². The van der Waals surface area contributed by atoms with Crippen LogP contribution < -0.4 is 10.2 Å². The number of carbonyl (C=O) groups is 2. The van der Waals surface area contributed by atoms with Crippen LogP contribution in [0.1, 0.15) is 13.3 Å². The predicted molar refractivity (Wildman–Crippen MR) is 79.3 cm³/mol. The van der Waals surface area contributed by atoms with Crippen molar-refractivity contribution in [3.63, 3.8) is 0 Å². The second-order valence-electron chi connectivity index (χ2n) is 4.69. The van der Waals surface area contributed by atoms with Gasteiger partial charge in [-0.15, -0.1) is 0 Å². The Morgan fingerprint density at radius 1 is 1.30 bits per heavy atom. The minimum absolute atomic E-state index is 0.299. The number of aliphatic carboxylic acids is 1. The summed E-state index contributed by atoms with van der Waals surface area (Å²) in [6, 6.07) is 6.98. The summed E-state index contributed by atoms with van der Waals surface area (Å²) in [5, 5.41) is 11.5. The first-order chi connectivity index (χ1) is 9.43. The lowest BCUT2D eigenvalue weighted by Crippen LogP contribution is -2.39. The molecule has 6 heteroatoms. The molecule has 0 saturated heterocycles. The molecule has 0 unspecified atom stereocenters. The number of benzene rings is 1. The van der Waals surface area contributed by atoms with Crippen molar-refractivity contribution in [3.05, 3.63) is 24.3 Å². The first kappa shape index (κ1) is 15.8. The standard InChI is InChI=1S/C14H21N3O3/c1-4-8-17(10-13(18)19)14(20)15-11-6-5-7-12(9-11)16(2)3/h5-7,9H,4,8,10H2,1-3H3,(H,15,20)(H,18,19). The molecule has 1 aromatic rings. The summed E-state index contributed by atoms with van der Waals surface area (Å²) in [6.07, 6.45) is 0.707. The van der Waals surface area contributed by atoms with E-state index in [1.165, 1.54) is 4.90 Å². The van der Waals surface area contributed by atoms with E-state index in [0.717, 1.165) is 5.69 Å². The van der Waals surface area contributed by atoms with Crippen molar-refractivity contribution in [1.29, 1.82) is 0 Å². The van der Waals surface area contributed by atoms with Crippen LogP contribution in [0, 0.1) is 0 Å². The molecule has 0 aliphatic rings. The van der Waals surface area contributed by atoms with E-state index in [0.29, 0.717) is 18.7 Å². The zero-order chi connectivity index (χ0) is 15.1. The number of rotatable bonds is 6. The van der Waals surface area contributed by atoms with Crippen LogP contribution in [-0.4, -0.2) is 49.2 Å². The number of carbonyl (C=O) groups excluding carboxylic acids is 1. The van der Waals surface area contributed by atoms with Crippen LogP contribution in [0.25, 0.3) is 0 Å². The minimum atomic E-state index is -1.02. The summed E-state index contributed by atoms with van der Waals surface area (Å²) < 4.78 is 0. The van der Waals surface area contributed by atoms with Gasteiger partial charge in [-0.2, -0.15) is 0 Å². The molecule has 0 bridgehead atoms. The first-order valence-electron chi connectivity index (χ1n) is 6.49. The Labute approximate surface area is 119 Å². The van der Waals surface area contributed by atoms with Gasteiger partial charge in [-0.1, -0.05) is 13.0 Å². The maximum absolute atomic E-state index is 12.1. The molecule has 2 amide bonds. The molecule has 0 atom stereocenters. The molecule has 2 N–H and O–H groups in total. The van der Waals surface area contributed by atoms with Crippen LogP contribution >= 0.6 is 0 Å².